The fourth-order valence-corrected chi connectivity index (χ4v) is 2.75. The van der Waals surface area contributed by atoms with Crippen LogP contribution in [0, 0.1) is 5.92 Å². The van der Waals surface area contributed by atoms with E-state index in [9.17, 15) is 5.11 Å². The topological polar surface area (TPSA) is 57.2 Å². The van der Waals surface area contributed by atoms with Gasteiger partial charge in [0.05, 0.1) is 6.10 Å². The fraction of sp³-hybridized carbons (Fsp3) is 1.00. The van der Waals surface area contributed by atoms with E-state index in [4.69, 9.17) is 18.9 Å². The summed E-state index contributed by atoms with van der Waals surface area (Å²) in [6.07, 6.45) is 0.931. The van der Waals surface area contributed by atoms with E-state index in [0.717, 1.165) is 12.8 Å². The van der Waals surface area contributed by atoms with Crippen LogP contribution in [0.25, 0.3) is 0 Å². The van der Waals surface area contributed by atoms with Crippen molar-refractivity contribution in [3.63, 3.8) is 0 Å². The number of aliphatic hydroxyl groups excluding tert-OH is 1. The largest absolute Gasteiger partial charge is 0.393 e. The zero-order valence-electron chi connectivity index (χ0n) is 13.4. The van der Waals surface area contributed by atoms with Gasteiger partial charge in [0.25, 0.3) is 0 Å². The second-order valence-electron chi connectivity index (χ2n) is 5.43. The van der Waals surface area contributed by atoms with E-state index in [1.807, 2.05) is 27.7 Å². The van der Waals surface area contributed by atoms with Gasteiger partial charge in [-0.1, -0.05) is 6.92 Å². The quantitative estimate of drug-likeness (QED) is 0.696. The van der Waals surface area contributed by atoms with Crippen molar-refractivity contribution in [2.24, 2.45) is 5.92 Å². The van der Waals surface area contributed by atoms with Gasteiger partial charge in [-0.15, -0.1) is 0 Å². The van der Waals surface area contributed by atoms with Crippen LogP contribution in [0.15, 0.2) is 0 Å². The molecule has 4 unspecified atom stereocenters. The van der Waals surface area contributed by atoms with Gasteiger partial charge in [-0.3, -0.25) is 0 Å². The standard InChI is InChI=1S/C15H30O5/c1-6-17-12(4)19-15(20-13(5)18-7-2)10-14(16)9-8-11(15)3/h11-14,16H,6-10H2,1-5H3. The number of ether oxygens (including phenoxy) is 4. The van der Waals surface area contributed by atoms with E-state index in [1.165, 1.54) is 0 Å². The number of hydrogen-bond acceptors (Lipinski definition) is 5. The highest BCUT2D eigenvalue weighted by Crippen LogP contribution is 2.39. The van der Waals surface area contributed by atoms with E-state index in [-0.39, 0.29) is 18.5 Å². The van der Waals surface area contributed by atoms with Crippen molar-refractivity contribution in [3.05, 3.63) is 0 Å². The lowest BCUT2D eigenvalue weighted by Gasteiger charge is -2.45. The fourth-order valence-electron chi connectivity index (χ4n) is 2.75. The Morgan fingerprint density at radius 2 is 1.55 bits per heavy atom. The Morgan fingerprint density at radius 3 is 2.00 bits per heavy atom. The molecule has 4 atom stereocenters. The molecule has 0 amide bonds. The summed E-state index contributed by atoms with van der Waals surface area (Å²) in [5.41, 5.74) is 0. The molecule has 1 N–H and O–H groups in total. The molecule has 0 aliphatic heterocycles. The predicted molar refractivity (Wildman–Crippen MR) is 76.1 cm³/mol. The average Bonchev–Trinajstić information content (AvgIpc) is 2.34. The Labute approximate surface area is 122 Å². The van der Waals surface area contributed by atoms with Crippen molar-refractivity contribution in [1.29, 1.82) is 0 Å². The second kappa shape index (κ2) is 8.29. The molecule has 0 bridgehead atoms. The minimum absolute atomic E-state index is 0.178. The molecule has 1 aliphatic carbocycles. The molecular formula is C15H30O5. The first-order chi connectivity index (χ1) is 9.43. The number of hydrogen-bond donors (Lipinski definition) is 1. The lowest BCUT2D eigenvalue weighted by molar-refractivity contribution is -0.376. The van der Waals surface area contributed by atoms with Gasteiger partial charge in [-0.2, -0.15) is 0 Å². The smallest absolute Gasteiger partial charge is 0.179 e. The zero-order chi connectivity index (χ0) is 15.2. The second-order valence-corrected chi connectivity index (χ2v) is 5.43. The third kappa shape index (κ3) is 4.97. The highest BCUT2D eigenvalue weighted by Gasteiger charge is 2.46. The molecule has 1 aliphatic rings. The maximum absolute atomic E-state index is 10.0. The molecule has 0 heterocycles. The molecule has 20 heavy (non-hydrogen) atoms. The predicted octanol–water partition coefficient (Wildman–Crippen LogP) is 2.66. The average molecular weight is 290 g/mol. The van der Waals surface area contributed by atoms with Gasteiger partial charge in [0.15, 0.2) is 18.4 Å². The molecule has 0 aromatic rings. The summed E-state index contributed by atoms with van der Waals surface area (Å²) in [5.74, 6) is -0.669. The van der Waals surface area contributed by atoms with Crippen molar-refractivity contribution >= 4 is 0 Å². The van der Waals surface area contributed by atoms with Crippen LogP contribution in [-0.4, -0.2) is 42.8 Å². The van der Waals surface area contributed by atoms with Crippen LogP contribution >= 0.6 is 0 Å². The molecule has 5 nitrogen and oxygen atoms in total. The van der Waals surface area contributed by atoms with Crippen molar-refractivity contribution in [2.75, 3.05) is 13.2 Å². The number of rotatable bonds is 8. The lowest BCUT2D eigenvalue weighted by Crippen LogP contribution is -2.52. The van der Waals surface area contributed by atoms with E-state index >= 15 is 0 Å². The Hall–Kier alpha value is -0.200. The summed E-state index contributed by atoms with van der Waals surface area (Å²) < 4.78 is 23.0. The third-order valence-electron chi connectivity index (χ3n) is 3.74. The van der Waals surface area contributed by atoms with Crippen molar-refractivity contribution in [1.82, 2.24) is 0 Å². The molecule has 1 saturated carbocycles. The minimum Gasteiger partial charge on any atom is -0.393 e. The Kier molecular flexibility index (Phi) is 7.40. The van der Waals surface area contributed by atoms with Crippen LogP contribution in [0.4, 0.5) is 0 Å². The van der Waals surface area contributed by atoms with Crippen LogP contribution in [0.2, 0.25) is 0 Å². The van der Waals surface area contributed by atoms with Crippen LogP contribution in [0.5, 0.6) is 0 Å². The summed E-state index contributed by atoms with van der Waals surface area (Å²) in [6, 6.07) is 0. The summed E-state index contributed by atoms with van der Waals surface area (Å²) in [7, 11) is 0. The Bertz CT molecular complexity index is 257. The normalized spacial score (nSPS) is 33.9. The zero-order valence-corrected chi connectivity index (χ0v) is 13.4. The SMILES string of the molecule is CCOC(C)OC1(OC(C)OCC)CC(O)CCC1C. The van der Waals surface area contributed by atoms with Crippen molar-refractivity contribution in [2.45, 2.75) is 78.4 Å². The van der Waals surface area contributed by atoms with Crippen molar-refractivity contribution in [3.8, 4) is 0 Å². The third-order valence-corrected chi connectivity index (χ3v) is 3.74. The summed E-state index contributed by atoms with van der Waals surface area (Å²) in [5, 5.41) is 10.0. The molecule has 0 aromatic heterocycles. The van der Waals surface area contributed by atoms with Crippen LogP contribution in [0.3, 0.4) is 0 Å². The van der Waals surface area contributed by atoms with Gasteiger partial charge in [0.2, 0.25) is 0 Å². The molecule has 1 fully saturated rings. The first kappa shape index (κ1) is 17.9. The highest BCUT2D eigenvalue weighted by atomic mass is 16.8. The van der Waals surface area contributed by atoms with Crippen LogP contribution in [-0.2, 0) is 18.9 Å². The van der Waals surface area contributed by atoms with E-state index in [1.54, 1.807) is 0 Å². The molecule has 0 spiro atoms. The molecule has 0 radical (unpaired) electrons. The molecular weight excluding hydrogens is 260 g/mol. The van der Waals surface area contributed by atoms with Crippen LogP contribution in [0.1, 0.15) is 53.9 Å². The highest BCUT2D eigenvalue weighted by molar-refractivity contribution is 4.86. The molecule has 5 heteroatoms. The van der Waals surface area contributed by atoms with Crippen molar-refractivity contribution < 1.29 is 24.1 Å². The van der Waals surface area contributed by atoms with Crippen LogP contribution < -0.4 is 0 Å². The Balaban J connectivity index is 2.80. The Morgan fingerprint density at radius 1 is 1.05 bits per heavy atom. The summed E-state index contributed by atoms with van der Waals surface area (Å²) in [6.45, 7) is 10.8. The summed E-state index contributed by atoms with van der Waals surface area (Å²) in [4.78, 5) is 0. The molecule has 120 valence electrons. The van der Waals surface area contributed by atoms with Gasteiger partial charge in [0, 0.05) is 25.6 Å². The first-order valence-electron chi connectivity index (χ1n) is 7.70. The van der Waals surface area contributed by atoms with Gasteiger partial charge < -0.3 is 24.1 Å². The van der Waals surface area contributed by atoms with Gasteiger partial charge >= 0.3 is 0 Å². The minimum atomic E-state index is -0.846. The molecule has 0 saturated heterocycles. The van der Waals surface area contributed by atoms with Gasteiger partial charge in [-0.05, 0) is 40.5 Å². The van der Waals surface area contributed by atoms with Gasteiger partial charge in [-0.25, -0.2) is 0 Å². The molecule has 1 rings (SSSR count). The summed E-state index contributed by atoms with van der Waals surface area (Å²) >= 11 is 0. The monoisotopic (exact) mass is 290 g/mol. The molecule has 0 aromatic carbocycles. The van der Waals surface area contributed by atoms with Gasteiger partial charge in [0.1, 0.15) is 0 Å². The first-order valence-corrected chi connectivity index (χ1v) is 7.70. The van der Waals surface area contributed by atoms with E-state index in [0.29, 0.717) is 19.6 Å². The lowest BCUT2D eigenvalue weighted by atomic mass is 9.82. The maximum Gasteiger partial charge on any atom is 0.179 e. The van der Waals surface area contributed by atoms with E-state index in [2.05, 4.69) is 6.92 Å². The number of aliphatic hydroxyl groups is 1. The van der Waals surface area contributed by atoms with E-state index < -0.39 is 11.9 Å². The maximum atomic E-state index is 10.0.